The standard InChI is InChI=1S/C18H16O8/c1-5-23-17(21)9-7(3)25-15-11(9)13(19)16-12(14(15)20)10(8(4)26-16)18(22)24-6-2/h5-6H2,1-4H3. The zero-order chi connectivity index (χ0) is 19.2. The Bertz CT molecular complexity index is 878. The summed E-state index contributed by atoms with van der Waals surface area (Å²) in [4.78, 5) is 50.1. The van der Waals surface area contributed by atoms with E-state index in [-0.39, 0.29) is 58.5 Å². The fourth-order valence-corrected chi connectivity index (χ4v) is 2.97. The van der Waals surface area contributed by atoms with Crippen molar-refractivity contribution in [2.45, 2.75) is 27.7 Å². The second kappa shape index (κ2) is 6.29. The minimum atomic E-state index is -0.770. The van der Waals surface area contributed by atoms with Crippen molar-refractivity contribution in [3.05, 3.63) is 45.3 Å². The SMILES string of the molecule is CCOC(=O)c1c(C)oc2c1C(=O)c1oc(C)c(C(=O)OCC)c1C2=O. The Hall–Kier alpha value is -3.16. The molecule has 3 rings (SSSR count). The Morgan fingerprint density at radius 2 is 1.12 bits per heavy atom. The molecule has 0 spiro atoms. The van der Waals surface area contributed by atoms with Gasteiger partial charge in [-0.1, -0.05) is 0 Å². The summed E-state index contributed by atoms with van der Waals surface area (Å²) in [6, 6.07) is 0. The molecule has 0 saturated carbocycles. The first-order chi connectivity index (χ1) is 12.3. The van der Waals surface area contributed by atoms with E-state index >= 15 is 0 Å². The van der Waals surface area contributed by atoms with Crippen LogP contribution in [0.1, 0.15) is 78.3 Å². The van der Waals surface area contributed by atoms with Gasteiger partial charge in [-0.15, -0.1) is 0 Å². The summed E-state index contributed by atoms with van der Waals surface area (Å²) < 4.78 is 20.6. The molecule has 0 unspecified atom stereocenters. The van der Waals surface area contributed by atoms with Crippen molar-refractivity contribution >= 4 is 23.5 Å². The predicted octanol–water partition coefficient (Wildman–Crippen LogP) is 2.62. The first-order valence-corrected chi connectivity index (χ1v) is 8.03. The van der Waals surface area contributed by atoms with Gasteiger partial charge in [0.1, 0.15) is 22.6 Å². The summed E-state index contributed by atoms with van der Waals surface area (Å²) >= 11 is 0. The Kier molecular flexibility index (Phi) is 4.27. The van der Waals surface area contributed by atoms with Crippen molar-refractivity contribution in [1.82, 2.24) is 0 Å². The number of ketones is 2. The van der Waals surface area contributed by atoms with Crippen LogP contribution in [0.15, 0.2) is 8.83 Å². The molecular formula is C18H16O8. The number of aryl methyl sites for hydroxylation is 2. The van der Waals surface area contributed by atoms with Gasteiger partial charge in [0.15, 0.2) is 11.5 Å². The molecule has 1 aliphatic rings. The smallest absolute Gasteiger partial charge is 0.342 e. The van der Waals surface area contributed by atoms with Crippen LogP contribution in [-0.4, -0.2) is 36.7 Å². The first-order valence-electron chi connectivity index (χ1n) is 8.03. The lowest BCUT2D eigenvalue weighted by atomic mass is 9.89. The number of hydrogen-bond donors (Lipinski definition) is 0. The number of fused-ring (bicyclic) bond motifs is 2. The average Bonchev–Trinajstić information content (AvgIpc) is 3.11. The highest BCUT2D eigenvalue weighted by Crippen LogP contribution is 2.37. The first kappa shape index (κ1) is 17.7. The van der Waals surface area contributed by atoms with Crippen LogP contribution in [0.3, 0.4) is 0 Å². The van der Waals surface area contributed by atoms with Crippen LogP contribution < -0.4 is 0 Å². The molecule has 0 bridgehead atoms. The lowest BCUT2D eigenvalue weighted by Crippen LogP contribution is -2.23. The molecule has 0 aromatic carbocycles. The molecule has 0 fully saturated rings. The van der Waals surface area contributed by atoms with Gasteiger partial charge < -0.3 is 18.3 Å². The number of carbonyl (C=O) groups excluding carboxylic acids is 4. The van der Waals surface area contributed by atoms with E-state index in [2.05, 4.69) is 0 Å². The summed E-state index contributed by atoms with van der Waals surface area (Å²) in [7, 11) is 0. The number of carbonyl (C=O) groups is 4. The zero-order valence-electron chi connectivity index (χ0n) is 14.7. The number of hydrogen-bond acceptors (Lipinski definition) is 8. The largest absolute Gasteiger partial charge is 0.462 e. The molecule has 2 aromatic heterocycles. The molecule has 26 heavy (non-hydrogen) atoms. The molecule has 0 aliphatic heterocycles. The topological polar surface area (TPSA) is 113 Å². The third-order valence-electron chi connectivity index (χ3n) is 3.99. The summed E-state index contributed by atoms with van der Waals surface area (Å²) in [5.41, 5.74) is -0.639. The minimum absolute atomic E-state index is 0.0784. The lowest BCUT2D eigenvalue weighted by molar-refractivity contribution is 0.0512. The van der Waals surface area contributed by atoms with Crippen LogP contribution in [0.5, 0.6) is 0 Å². The third-order valence-corrected chi connectivity index (χ3v) is 3.99. The van der Waals surface area contributed by atoms with Gasteiger partial charge in [0.2, 0.25) is 11.6 Å². The number of esters is 2. The van der Waals surface area contributed by atoms with Crippen LogP contribution in [0.4, 0.5) is 0 Å². The van der Waals surface area contributed by atoms with Crippen LogP contribution in [0, 0.1) is 13.8 Å². The van der Waals surface area contributed by atoms with Crippen molar-refractivity contribution in [2.24, 2.45) is 0 Å². The van der Waals surface area contributed by atoms with Gasteiger partial charge in [0.25, 0.3) is 0 Å². The molecule has 0 N–H and O–H groups in total. The Balaban J connectivity index is 2.21. The average molecular weight is 360 g/mol. The van der Waals surface area contributed by atoms with Gasteiger partial charge in [-0.2, -0.15) is 0 Å². The monoisotopic (exact) mass is 360 g/mol. The molecule has 136 valence electrons. The minimum Gasteiger partial charge on any atom is -0.462 e. The normalized spacial score (nSPS) is 12.6. The quantitative estimate of drug-likeness (QED) is 0.653. The van der Waals surface area contributed by atoms with Crippen LogP contribution in [0.2, 0.25) is 0 Å². The van der Waals surface area contributed by atoms with Crippen molar-refractivity contribution < 1.29 is 37.5 Å². The second-order valence-electron chi connectivity index (χ2n) is 5.57. The Morgan fingerprint density at radius 1 is 0.769 bits per heavy atom. The van der Waals surface area contributed by atoms with E-state index in [0.29, 0.717) is 0 Å². The van der Waals surface area contributed by atoms with Gasteiger partial charge >= 0.3 is 11.9 Å². The highest BCUT2D eigenvalue weighted by Gasteiger charge is 2.44. The summed E-state index contributed by atoms with van der Waals surface area (Å²) in [6.45, 7) is 6.32. The molecule has 0 radical (unpaired) electrons. The summed E-state index contributed by atoms with van der Waals surface area (Å²) in [5.74, 6) is -3.43. The van der Waals surface area contributed by atoms with Crippen molar-refractivity contribution in [3.63, 3.8) is 0 Å². The van der Waals surface area contributed by atoms with Gasteiger partial charge in [-0.3, -0.25) is 9.59 Å². The molecule has 0 amide bonds. The van der Waals surface area contributed by atoms with E-state index < -0.39 is 23.5 Å². The number of furan rings is 2. The van der Waals surface area contributed by atoms with E-state index in [1.54, 1.807) is 13.8 Å². The maximum absolute atomic E-state index is 12.9. The fourth-order valence-electron chi connectivity index (χ4n) is 2.97. The Morgan fingerprint density at radius 3 is 1.42 bits per heavy atom. The molecule has 8 heteroatoms. The van der Waals surface area contributed by atoms with E-state index in [1.807, 2.05) is 0 Å². The van der Waals surface area contributed by atoms with E-state index in [4.69, 9.17) is 18.3 Å². The molecule has 2 aromatic rings. The van der Waals surface area contributed by atoms with Crippen LogP contribution in [0.25, 0.3) is 0 Å². The zero-order valence-corrected chi connectivity index (χ0v) is 14.7. The van der Waals surface area contributed by atoms with E-state index in [0.717, 1.165) is 0 Å². The maximum atomic E-state index is 12.9. The van der Waals surface area contributed by atoms with Crippen LogP contribution >= 0.6 is 0 Å². The molecule has 1 aliphatic carbocycles. The lowest BCUT2D eigenvalue weighted by Gasteiger charge is -2.10. The molecule has 8 nitrogen and oxygen atoms in total. The van der Waals surface area contributed by atoms with Gasteiger partial charge in [0, 0.05) is 0 Å². The maximum Gasteiger partial charge on any atom is 0.342 e. The summed E-state index contributed by atoms with van der Waals surface area (Å²) in [5, 5.41) is 0. The predicted molar refractivity (Wildman–Crippen MR) is 85.7 cm³/mol. The number of ether oxygens (including phenoxy) is 2. The highest BCUT2D eigenvalue weighted by atomic mass is 16.5. The third kappa shape index (κ3) is 2.37. The molecule has 0 atom stereocenters. The van der Waals surface area contributed by atoms with Gasteiger partial charge in [0.05, 0.1) is 24.3 Å². The molecule has 2 heterocycles. The van der Waals surface area contributed by atoms with Gasteiger partial charge in [-0.25, -0.2) is 9.59 Å². The summed E-state index contributed by atoms with van der Waals surface area (Å²) in [6.07, 6.45) is 0. The van der Waals surface area contributed by atoms with Gasteiger partial charge in [-0.05, 0) is 27.7 Å². The highest BCUT2D eigenvalue weighted by molar-refractivity contribution is 6.31. The van der Waals surface area contributed by atoms with Crippen molar-refractivity contribution in [2.75, 3.05) is 13.2 Å². The second-order valence-corrected chi connectivity index (χ2v) is 5.57. The Labute approximate surface area is 148 Å². The van der Waals surface area contributed by atoms with E-state index in [9.17, 15) is 19.2 Å². The van der Waals surface area contributed by atoms with Crippen LogP contribution in [-0.2, 0) is 9.47 Å². The number of rotatable bonds is 4. The molecular weight excluding hydrogens is 344 g/mol. The van der Waals surface area contributed by atoms with Crippen molar-refractivity contribution in [3.8, 4) is 0 Å². The molecule has 0 saturated heterocycles. The fraction of sp³-hybridized carbons (Fsp3) is 0.333. The van der Waals surface area contributed by atoms with E-state index in [1.165, 1.54) is 13.8 Å². The van der Waals surface area contributed by atoms with Crippen molar-refractivity contribution in [1.29, 1.82) is 0 Å².